The molecule has 0 unspecified atom stereocenters. The number of aliphatic carboxylic acids is 1. The molecule has 1 aliphatic rings. The molecule has 1 N–H and O–H groups in total. The van der Waals surface area contributed by atoms with Gasteiger partial charge in [-0.1, -0.05) is 38.0 Å². The van der Waals surface area contributed by atoms with E-state index in [2.05, 4.69) is 5.32 Å². The van der Waals surface area contributed by atoms with Gasteiger partial charge in [0.1, 0.15) is 0 Å². The number of amides is 1. The first-order chi connectivity index (χ1) is 9.63. The second-order valence-corrected chi connectivity index (χ2v) is 5.32. The zero-order valence-electron chi connectivity index (χ0n) is 11.7. The number of anilines is 1. The standard InChI is InChI=1S/C16H21NO3/c1-2-11-7-3-6-10-14(11)17-15(18)12-8-4-5-9-13(12)16(19)20/h3,6-7,10,12-13H,2,4-5,8-9H2,1H3,(H,17,18)(H,19,20)/p-1/t12-,13+/m0/s1. The van der Waals surface area contributed by atoms with Crippen LogP contribution in [0, 0.1) is 11.8 Å². The second kappa shape index (κ2) is 6.55. The Morgan fingerprint density at radius 3 is 2.50 bits per heavy atom. The Morgan fingerprint density at radius 2 is 1.85 bits per heavy atom. The Hall–Kier alpha value is -1.84. The van der Waals surface area contributed by atoms with Crippen molar-refractivity contribution in [1.29, 1.82) is 0 Å². The Labute approximate surface area is 119 Å². The fourth-order valence-corrected chi connectivity index (χ4v) is 2.90. The molecular formula is C16H20NO3-. The molecule has 1 saturated carbocycles. The highest BCUT2D eigenvalue weighted by molar-refractivity contribution is 5.95. The van der Waals surface area contributed by atoms with Gasteiger partial charge in [-0.3, -0.25) is 4.79 Å². The van der Waals surface area contributed by atoms with E-state index >= 15 is 0 Å². The topological polar surface area (TPSA) is 69.2 Å². The van der Waals surface area contributed by atoms with Crippen LogP contribution in [0.1, 0.15) is 38.2 Å². The van der Waals surface area contributed by atoms with Gasteiger partial charge in [-0.25, -0.2) is 0 Å². The molecule has 2 rings (SSSR count). The second-order valence-electron chi connectivity index (χ2n) is 5.32. The lowest BCUT2D eigenvalue weighted by Gasteiger charge is -2.31. The molecule has 1 aromatic carbocycles. The van der Waals surface area contributed by atoms with Crippen LogP contribution in [0.25, 0.3) is 0 Å². The van der Waals surface area contributed by atoms with E-state index in [-0.39, 0.29) is 5.91 Å². The zero-order chi connectivity index (χ0) is 14.5. The molecule has 0 radical (unpaired) electrons. The Kier molecular flexibility index (Phi) is 4.77. The molecule has 1 aromatic rings. The van der Waals surface area contributed by atoms with Crippen LogP contribution in [-0.2, 0) is 16.0 Å². The van der Waals surface area contributed by atoms with Crippen LogP contribution in [0.5, 0.6) is 0 Å². The lowest BCUT2D eigenvalue weighted by atomic mass is 9.78. The smallest absolute Gasteiger partial charge is 0.228 e. The zero-order valence-corrected chi connectivity index (χ0v) is 11.7. The number of hydrogen-bond acceptors (Lipinski definition) is 3. The van der Waals surface area contributed by atoms with E-state index in [0.29, 0.717) is 12.8 Å². The van der Waals surface area contributed by atoms with Crippen molar-refractivity contribution in [3.8, 4) is 0 Å². The molecule has 0 saturated heterocycles. The average Bonchev–Trinajstić information content (AvgIpc) is 2.47. The first-order valence-corrected chi connectivity index (χ1v) is 7.23. The number of rotatable bonds is 4. The van der Waals surface area contributed by atoms with Crippen molar-refractivity contribution in [3.05, 3.63) is 29.8 Å². The highest BCUT2D eigenvalue weighted by Crippen LogP contribution is 2.31. The number of hydrogen-bond donors (Lipinski definition) is 1. The van der Waals surface area contributed by atoms with E-state index in [0.717, 1.165) is 30.5 Å². The first kappa shape index (κ1) is 14.6. The van der Waals surface area contributed by atoms with Gasteiger partial charge in [0.15, 0.2) is 0 Å². The fraction of sp³-hybridized carbons (Fsp3) is 0.500. The Balaban J connectivity index is 2.12. The molecule has 20 heavy (non-hydrogen) atoms. The van der Waals surface area contributed by atoms with Crippen LogP contribution in [0.3, 0.4) is 0 Å². The lowest BCUT2D eigenvalue weighted by Crippen LogP contribution is -2.42. The minimum absolute atomic E-state index is 0.195. The first-order valence-electron chi connectivity index (χ1n) is 7.23. The van der Waals surface area contributed by atoms with Gasteiger partial charge in [-0.2, -0.15) is 0 Å². The third-order valence-corrected chi connectivity index (χ3v) is 4.06. The number of aryl methyl sites for hydroxylation is 1. The minimum atomic E-state index is -1.10. The molecule has 0 spiro atoms. The number of carbonyl (C=O) groups excluding carboxylic acids is 2. The molecule has 0 aliphatic heterocycles. The van der Waals surface area contributed by atoms with Crippen LogP contribution in [0.15, 0.2) is 24.3 Å². The molecule has 2 atom stereocenters. The van der Waals surface area contributed by atoms with Crippen molar-refractivity contribution in [2.24, 2.45) is 11.8 Å². The molecule has 4 nitrogen and oxygen atoms in total. The van der Waals surface area contributed by atoms with Gasteiger partial charge in [0.05, 0.1) is 0 Å². The van der Waals surface area contributed by atoms with Crippen molar-refractivity contribution in [2.45, 2.75) is 39.0 Å². The van der Waals surface area contributed by atoms with Gasteiger partial charge in [0, 0.05) is 23.5 Å². The molecule has 0 aromatic heterocycles. The predicted molar refractivity (Wildman–Crippen MR) is 74.9 cm³/mol. The minimum Gasteiger partial charge on any atom is -0.550 e. The summed E-state index contributed by atoms with van der Waals surface area (Å²) in [6.45, 7) is 2.02. The van der Waals surface area contributed by atoms with Crippen molar-refractivity contribution in [1.82, 2.24) is 0 Å². The van der Waals surface area contributed by atoms with Crippen LogP contribution in [0.2, 0.25) is 0 Å². The molecule has 4 heteroatoms. The summed E-state index contributed by atoms with van der Waals surface area (Å²) in [5, 5.41) is 14.0. The number of carboxylic acid groups (broad SMARTS) is 1. The van der Waals surface area contributed by atoms with Crippen LogP contribution in [-0.4, -0.2) is 11.9 Å². The van der Waals surface area contributed by atoms with E-state index in [4.69, 9.17) is 0 Å². The summed E-state index contributed by atoms with van der Waals surface area (Å²) in [5.74, 6) is -2.43. The predicted octanol–water partition coefficient (Wildman–Crippen LogP) is 1.74. The molecule has 1 amide bonds. The summed E-state index contributed by atoms with van der Waals surface area (Å²) in [7, 11) is 0. The van der Waals surface area contributed by atoms with E-state index in [1.807, 2.05) is 31.2 Å². The lowest BCUT2D eigenvalue weighted by molar-refractivity contribution is -0.313. The van der Waals surface area contributed by atoms with Gasteiger partial charge in [-0.15, -0.1) is 0 Å². The van der Waals surface area contributed by atoms with Crippen LogP contribution >= 0.6 is 0 Å². The van der Waals surface area contributed by atoms with Crippen molar-refractivity contribution >= 4 is 17.6 Å². The maximum Gasteiger partial charge on any atom is 0.228 e. The third-order valence-electron chi connectivity index (χ3n) is 4.06. The normalized spacial score (nSPS) is 22.2. The SMILES string of the molecule is CCc1ccccc1NC(=O)[C@H]1CCCC[C@H]1C(=O)[O-]. The Morgan fingerprint density at radius 1 is 1.20 bits per heavy atom. The maximum absolute atomic E-state index is 12.3. The largest absolute Gasteiger partial charge is 0.550 e. The summed E-state index contributed by atoms with van der Waals surface area (Å²) < 4.78 is 0. The number of carboxylic acids is 1. The Bertz CT molecular complexity index is 498. The fourth-order valence-electron chi connectivity index (χ4n) is 2.90. The van der Waals surface area contributed by atoms with Crippen LogP contribution in [0.4, 0.5) is 5.69 Å². The van der Waals surface area contributed by atoms with Gasteiger partial charge < -0.3 is 15.2 Å². The van der Waals surface area contributed by atoms with Gasteiger partial charge in [-0.05, 0) is 30.9 Å². The monoisotopic (exact) mass is 274 g/mol. The number of carbonyl (C=O) groups is 2. The van der Waals surface area contributed by atoms with Crippen molar-refractivity contribution in [3.63, 3.8) is 0 Å². The summed E-state index contributed by atoms with van der Waals surface area (Å²) in [6, 6.07) is 7.62. The van der Waals surface area contributed by atoms with E-state index < -0.39 is 17.8 Å². The van der Waals surface area contributed by atoms with E-state index in [1.165, 1.54) is 0 Å². The maximum atomic E-state index is 12.3. The number of nitrogens with one attached hydrogen (secondary N) is 1. The molecule has 1 aliphatic carbocycles. The summed E-state index contributed by atoms with van der Waals surface area (Å²) in [4.78, 5) is 23.5. The molecule has 1 fully saturated rings. The van der Waals surface area contributed by atoms with E-state index in [9.17, 15) is 14.7 Å². The average molecular weight is 274 g/mol. The van der Waals surface area contributed by atoms with Crippen molar-refractivity contribution < 1.29 is 14.7 Å². The molecule has 0 heterocycles. The van der Waals surface area contributed by atoms with Gasteiger partial charge in [0.25, 0.3) is 0 Å². The van der Waals surface area contributed by atoms with Gasteiger partial charge in [0.2, 0.25) is 5.91 Å². The number of para-hydroxylation sites is 1. The highest BCUT2D eigenvalue weighted by atomic mass is 16.4. The number of benzene rings is 1. The molecule has 0 bridgehead atoms. The summed E-state index contributed by atoms with van der Waals surface area (Å²) in [6.07, 6.45) is 3.74. The highest BCUT2D eigenvalue weighted by Gasteiger charge is 2.31. The van der Waals surface area contributed by atoms with Gasteiger partial charge >= 0.3 is 0 Å². The third kappa shape index (κ3) is 3.18. The van der Waals surface area contributed by atoms with Crippen molar-refractivity contribution in [2.75, 3.05) is 5.32 Å². The van der Waals surface area contributed by atoms with Crippen LogP contribution < -0.4 is 10.4 Å². The summed E-state index contributed by atoms with van der Waals surface area (Å²) >= 11 is 0. The quantitative estimate of drug-likeness (QED) is 0.909. The molecular weight excluding hydrogens is 254 g/mol. The summed E-state index contributed by atoms with van der Waals surface area (Å²) in [5.41, 5.74) is 1.84. The van der Waals surface area contributed by atoms with E-state index in [1.54, 1.807) is 0 Å². The molecule has 108 valence electrons.